The van der Waals surface area contributed by atoms with E-state index in [0.717, 1.165) is 0 Å². The van der Waals surface area contributed by atoms with E-state index in [1.807, 2.05) is 13.8 Å². The average molecular weight is 422 g/mol. The number of nitrogens with one attached hydrogen (secondary N) is 1. The molecule has 1 atom stereocenters. The van der Waals surface area contributed by atoms with Crippen LogP contribution in [0.1, 0.15) is 38.4 Å². The lowest BCUT2D eigenvalue weighted by Crippen LogP contribution is -2.45. The summed E-state index contributed by atoms with van der Waals surface area (Å²) in [4.78, 5) is 28.4. The summed E-state index contributed by atoms with van der Waals surface area (Å²) in [6.07, 6.45) is 1.06. The van der Waals surface area contributed by atoms with Crippen LogP contribution in [0.4, 0.5) is 29.5 Å². The van der Waals surface area contributed by atoms with E-state index in [4.69, 9.17) is 4.52 Å². The van der Waals surface area contributed by atoms with Crippen LogP contribution in [-0.4, -0.2) is 34.6 Å². The van der Waals surface area contributed by atoms with Crippen LogP contribution >= 0.6 is 0 Å². The highest BCUT2D eigenvalue weighted by atomic mass is 19.2. The number of rotatable bonds is 2. The highest BCUT2D eigenvalue weighted by Gasteiger charge is 2.43. The Bertz CT molecular complexity index is 1010. The van der Waals surface area contributed by atoms with E-state index >= 15 is 0 Å². The predicted octanol–water partition coefficient (Wildman–Crippen LogP) is 3.83. The third kappa shape index (κ3) is 3.29. The van der Waals surface area contributed by atoms with Crippen molar-refractivity contribution in [2.75, 3.05) is 16.8 Å². The Hall–Kier alpha value is -3.04. The molecule has 3 heterocycles. The van der Waals surface area contributed by atoms with Gasteiger partial charge in [0.05, 0.1) is 17.8 Å². The normalized spacial score (nSPS) is 20.5. The fraction of sp³-hybridized carbons (Fsp3) is 0.450. The van der Waals surface area contributed by atoms with Crippen molar-refractivity contribution < 1.29 is 27.3 Å². The smallest absolute Gasteiger partial charge is 0.322 e. The molecule has 0 saturated carbocycles. The minimum atomic E-state index is -1.60. The predicted molar refractivity (Wildman–Crippen MR) is 101 cm³/mol. The van der Waals surface area contributed by atoms with Crippen molar-refractivity contribution in [2.45, 2.75) is 46.2 Å². The molecule has 1 fully saturated rings. The summed E-state index contributed by atoms with van der Waals surface area (Å²) in [5.74, 6) is -4.14. The minimum absolute atomic E-state index is 0.0756. The fourth-order valence-electron chi connectivity index (χ4n) is 3.83. The zero-order valence-electron chi connectivity index (χ0n) is 16.8. The monoisotopic (exact) mass is 422 g/mol. The Kier molecular flexibility index (Phi) is 4.74. The van der Waals surface area contributed by atoms with E-state index in [1.165, 1.54) is 4.90 Å². The largest absolute Gasteiger partial charge is 0.338 e. The zero-order valence-corrected chi connectivity index (χ0v) is 16.8. The van der Waals surface area contributed by atoms with Gasteiger partial charge < -0.3 is 14.7 Å². The molecule has 1 aromatic carbocycles. The topological polar surface area (TPSA) is 78.7 Å². The molecule has 1 aromatic heterocycles. The van der Waals surface area contributed by atoms with Crippen molar-refractivity contribution in [3.8, 4) is 0 Å². The van der Waals surface area contributed by atoms with E-state index in [9.17, 15) is 22.8 Å². The molecule has 30 heavy (non-hydrogen) atoms. The molecule has 10 heteroatoms. The standard InChI is InChI=1S/C20H21F3N4O3/c1-10-6-15-12(17(30-25-15)26-5-4-20(2,3)18(26)28)9-27(10)19(29)24-11-7-13(21)16(23)14(22)8-11/h7-8,10H,4-6,9H2,1-3H3,(H,24,29)/t10-/m0/s1. The van der Waals surface area contributed by atoms with Gasteiger partial charge in [0.25, 0.3) is 0 Å². The van der Waals surface area contributed by atoms with Gasteiger partial charge in [0.1, 0.15) is 0 Å². The van der Waals surface area contributed by atoms with E-state index in [1.54, 1.807) is 11.8 Å². The Morgan fingerprint density at radius 3 is 2.53 bits per heavy atom. The summed E-state index contributed by atoms with van der Waals surface area (Å²) >= 11 is 0. The number of halogens is 3. The van der Waals surface area contributed by atoms with Gasteiger partial charge in [0.15, 0.2) is 17.5 Å². The van der Waals surface area contributed by atoms with Crippen molar-refractivity contribution in [1.82, 2.24) is 10.1 Å². The molecule has 0 unspecified atom stereocenters. The number of fused-ring (bicyclic) bond motifs is 1. The number of carbonyl (C=O) groups excluding carboxylic acids is 2. The third-order valence-electron chi connectivity index (χ3n) is 5.72. The van der Waals surface area contributed by atoms with Gasteiger partial charge in [-0.15, -0.1) is 0 Å². The van der Waals surface area contributed by atoms with Gasteiger partial charge in [-0.05, 0) is 13.3 Å². The lowest BCUT2D eigenvalue weighted by molar-refractivity contribution is -0.124. The number of aromatic nitrogens is 1. The molecule has 1 N–H and O–H groups in total. The first-order chi connectivity index (χ1) is 14.1. The summed E-state index contributed by atoms with van der Waals surface area (Å²) < 4.78 is 45.5. The van der Waals surface area contributed by atoms with E-state index in [-0.39, 0.29) is 24.2 Å². The summed E-state index contributed by atoms with van der Waals surface area (Å²) in [6.45, 7) is 6.12. The van der Waals surface area contributed by atoms with E-state index in [0.29, 0.717) is 48.7 Å². The number of nitrogens with zero attached hydrogens (tertiary/aromatic N) is 3. The molecule has 4 rings (SSSR count). The molecule has 2 aliphatic heterocycles. The maximum atomic E-state index is 13.5. The van der Waals surface area contributed by atoms with Crippen LogP contribution in [0.3, 0.4) is 0 Å². The molecule has 2 aromatic rings. The van der Waals surface area contributed by atoms with Gasteiger partial charge in [0.2, 0.25) is 11.8 Å². The Balaban J connectivity index is 1.57. The number of anilines is 2. The molecule has 0 radical (unpaired) electrons. The highest BCUT2D eigenvalue weighted by Crippen LogP contribution is 2.38. The molecule has 0 spiro atoms. The molecule has 2 aliphatic rings. The van der Waals surface area contributed by atoms with Crippen molar-refractivity contribution in [3.63, 3.8) is 0 Å². The number of hydrogen-bond acceptors (Lipinski definition) is 4. The van der Waals surface area contributed by atoms with Crippen LogP contribution in [0.15, 0.2) is 16.7 Å². The second-order valence-corrected chi connectivity index (χ2v) is 8.37. The van der Waals surface area contributed by atoms with Crippen LogP contribution < -0.4 is 10.2 Å². The molecule has 0 bridgehead atoms. The quantitative estimate of drug-likeness (QED) is 0.746. The van der Waals surface area contributed by atoms with Crippen molar-refractivity contribution in [1.29, 1.82) is 0 Å². The lowest BCUT2D eigenvalue weighted by Gasteiger charge is -2.33. The van der Waals surface area contributed by atoms with Crippen molar-refractivity contribution >= 4 is 23.5 Å². The van der Waals surface area contributed by atoms with Crippen LogP contribution in [0.2, 0.25) is 0 Å². The number of benzene rings is 1. The molecule has 3 amide bonds. The van der Waals surface area contributed by atoms with E-state index < -0.39 is 28.9 Å². The molecule has 160 valence electrons. The highest BCUT2D eigenvalue weighted by molar-refractivity contribution is 5.99. The van der Waals surface area contributed by atoms with Gasteiger partial charge in [0, 0.05) is 42.2 Å². The van der Waals surface area contributed by atoms with Gasteiger partial charge in [-0.25, -0.2) is 18.0 Å². The van der Waals surface area contributed by atoms with Gasteiger partial charge in [-0.2, -0.15) is 0 Å². The maximum absolute atomic E-state index is 13.5. The molecular weight excluding hydrogens is 401 g/mol. The second kappa shape index (κ2) is 7.03. The third-order valence-corrected chi connectivity index (χ3v) is 5.72. The number of amides is 3. The van der Waals surface area contributed by atoms with Crippen LogP contribution in [-0.2, 0) is 17.8 Å². The Labute approximate surface area is 170 Å². The minimum Gasteiger partial charge on any atom is -0.338 e. The summed E-state index contributed by atoms with van der Waals surface area (Å²) in [6, 6.07) is 0.535. The van der Waals surface area contributed by atoms with Crippen LogP contribution in [0, 0.1) is 22.9 Å². The second-order valence-electron chi connectivity index (χ2n) is 8.37. The number of hydrogen-bond donors (Lipinski definition) is 1. The van der Waals surface area contributed by atoms with Gasteiger partial charge >= 0.3 is 6.03 Å². The van der Waals surface area contributed by atoms with Crippen LogP contribution in [0.25, 0.3) is 0 Å². The van der Waals surface area contributed by atoms with Crippen molar-refractivity contribution in [2.24, 2.45) is 5.41 Å². The summed E-state index contributed by atoms with van der Waals surface area (Å²) in [7, 11) is 0. The molecule has 1 saturated heterocycles. The first-order valence-corrected chi connectivity index (χ1v) is 9.60. The van der Waals surface area contributed by atoms with Gasteiger partial charge in [-0.3, -0.25) is 9.69 Å². The maximum Gasteiger partial charge on any atom is 0.322 e. The summed E-state index contributed by atoms with van der Waals surface area (Å²) in [5, 5.41) is 6.47. The first kappa shape index (κ1) is 20.2. The fourth-order valence-corrected chi connectivity index (χ4v) is 3.83. The molecular formula is C20H21F3N4O3. The van der Waals surface area contributed by atoms with Gasteiger partial charge in [-0.1, -0.05) is 19.0 Å². The first-order valence-electron chi connectivity index (χ1n) is 9.60. The van der Waals surface area contributed by atoms with Crippen molar-refractivity contribution in [3.05, 3.63) is 40.8 Å². The Morgan fingerprint density at radius 1 is 1.27 bits per heavy atom. The SMILES string of the molecule is C[C@H]1Cc2noc(N3CCC(C)(C)C3=O)c2CN1C(=O)Nc1cc(F)c(F)c(F)c1. The summed E-state index contributed by atoms with van der Waals surface area (Å²) in [5.41, 5.74) is 0.593. The Morgan fingerprint density at radius 2 is 1.93 bits per heavy atom. The number of urea groups is 1. The van der Waals surface area contributed by atoms with E-state index in [2.05, 4.69) is 10.5 Å². The molecule has 7 nitrogen and oxygen atoms in total. The van der Waals surface area contributed by atoms with Crippen LogP contribution in [0.5, 0.6) is 0 Å². The number of carbonyl (C=O) groups is 2. The molecule has 0 aliphatic carbocycles. The zero-order chi connectivity index (χ0) is 21.8. The lowest BCUT2D eigenvalue weighted by atomic mass is 9.92. The average Bonchev–Trinajstić information content (AvgIpc) is 3.19.